The highest BCUT2D eigenvalue weighted by Gasteiger charge is 2.22. The van der Waals surface area contributed by atoms with Crippen LogP contribution in [0.2, 0.25) is 0 Å². The minimum absolute atomic E-state index is 0.160. The molecule has 2 nitrogen and oxygen atoms in total. The maximum atomic E-state index is 9.66. The summed E-state index contributed by atoms with van der Waals surface area (Å²) in [5, 5.41) is 9.66. The van der Waals surface area contributed by atoms with Crippen molar-refractivity contribution >= 4 is 0 Å². The summed E-state index contributed by atoms with van der Waals surface area (Å²) in [6.45, 7) is 5.22. The highest BCUT2D eigenvalue weighted by Crippen LogP contribution is 2.20. The van der Waals surface area contributed by atoms with Crippen molar-refractivity contribution in [2.75, 3.05) is 13.2 Å². The molecule has 0 aromatic heterocycles. The van der Waals surface area contributed by atoms with Crippen LogP contribution in [-0.2, 0) is 4.74 Å². The van der Waals surface area contributed by atoms with Gasteiger partial charge in [-0.05, 0) is 25.7 Å². The van der Waals surface area contributed by atoms with Crippen molar-refractivity contribution in [3.05, 3.63) is 12.7 Å². The van der Waals surface area contributed by atoms with Gasteiger partial charge in [-0.15, -0.1) is 6.58 Å². The van der Waals surface area contributed by atoms with Crippen LogP contribution in [0.25, 0.3) is 0 Å². The topological polar surface area (TPSA) is 29.5 Å². The number of aliphatic hydroxyl groups is 1. The van der Waals surface area contributed by atoms with Crippen LogP contribution < -0.4 is 0 Å². The first-order valence-corrected chi connectivity index (χ1v) is 4.71. The quantitative estimate of drug-likeness (QED) is 0.503. The average molecular weight is 170 g/mol. The molecule has 1 heterocycles. The zero-order chi connectivity index (χ0) is 8.81. The molecule has 0 aliphatic carbocycles. The monoisotopic (exact) mass is 170 g/mol. The number of ether oxygens (including phenoxy) is 1. The summed E-state index contributed by atoms with van der Waals surface area (Å²) >= 11 is 0. The van der Waals surface area contributed by atoms with E-state index in [1.807, 2.05) is 6.08 Å². The maximum absolute atomic E-state index is 9.66. The van der Waals surface area contributed by atoms with Gasteiger partial charge in [0.1, 0.15) is 0 Å². The molecule has 2 heteroatoms. The third-order valence-corrected chi connectivity index (χ3v) is 2.42. The first kappa shape index (κ1) is 9.75. The molecular weight excluding hydrogens is 152 g/mol. The van der Waals surface area contributed by atoms with Crippen molar-refractivity contribution in [2.24, 2.45) is 5.92 Å². The minimum Gasteiger partial charge on any atom is -0.393 e. The molecule has 1 rings (SSSR count). The van der Waals surface area contributed by atoms with E-state index in [0.717, 1.165) is 38.9 Å². The van der Waals surface area contributed by atoms with E-state index in [4.69, 9.17) is 4.74 Å². The first-order valence-electron chi connectivity index (χ1n) is 4.71. The zero-order valence-corrected chi connectivity index (χ0v) is 7.54. The van der Waals surface area contributed by atoms with E-state index in [9.17, 15) is 5.11 Å². The summed E-state index contributed by atoms with van der Waals surface area (Å²) in [5.41, 5.74) is 0. The molecule has 1 aliphatic rings. The Morgan fingerprint density at radius 1 is 1.67 bits per heavy atom. The highest BCUT2D eigenvalue weighted by atomic mass is 16.5. The fourth-order valence-corrected chi connectivity index (χ4v) is 1.56. The number of aliphatic hydroxyl groups excluding tert-OH is 1. The van der Waals surface area contributed by atoms with Gasteiger partial charge in [-0.3, -0.25) is 0 Å². The predicted molar refractivity (Wildman–Crippen MR) is 49.0 cm³/mol. The van der Waals surface area contributed by atoms with Crippen molar-refractivity contribution in [2.45, 2.75) is 31.8 Å². The fourth-order valence-electron chi connectivity index (χ4n) is 1.56. The van der Waals surface area contributed by atoms with Crippen molar-refractivity contribution < 1.29 is 9.84 Å². The number of rotatable bonds is 5. The second-order valence-electron chi connectivity index (χ2n) is 3.41. The molecule has 1 fully saturated rings. The van der Waals surface area contributed by atoms with Gasteiger partial charge in [-0.2, -0.15) is 0 Å². The molecule has 1 aliphatic heterocycles. The summed E-state index contributed by atoms with van der Waals surface area (Å²) in [7, 11) is 0. The molecule has 2 unspecified atom stereocenters. The van der Waals surface area contributed by atoms with E-state index in [1.165, 1.54) is 0 Å². The molecule has 0 amide bonds. The van der Waals surface area contributed by atoms with Crippen LogP contribution in [0.3, 0.4) is 0 Å². The van der Waals surface area contributed by atoms with E-state index >= 15 is 0 Å². The number of allylic oxidation sites excluding steroid dienone is 1. The molecule has 0 radical (unpaired) electrons. The second-order valence-corrected chi connectivity index (χ2v) is 3.41. The van der Waals surface area contributed by atoms with Gasteiger partial charge in [0.2, 0.25) is 0 Å². The largest absolute Gasteiger partial charge is 0.393 e. The van der Waals surface area contributed by atoms with Crippen LogP contribution >= 0.6 is 0 Å². The van der Waals surface area contributed by atoms with E-state index in [0.29, 0.717) is 5.92 Å². The normalized spacial score (nSPS) is 25.6. The van der Waals surface area contributed by atoms with Gasteiger partial charge >= 0.3 is 0 Å². The molecular formula is C10H18O2. The first-order chi connectivity index (χ1) is 5.84. The Labute approximate surface area is 74.2 Å². The van der Waals surface area contributed by atoms with E-state index in [-0.39, 0.29) is 6.10 Å². The van der Waals surface area contributed by atoms with Crippen LogP contribution in [-0.4, -0.2) is 24.4 Å². The smallest absolute Gasteiger partial charge is 0.0591 e. The Hall–Kier alpha value is -0.340. The second kappa shape index (κ2) is 5.33. The van der Waals surface area contributed by atoms with E-state index < -0.39 is 0 Å². The summed E-state index contributed by atoms with van der Waals surface area (Å²) in [4.78, 5) is 0. The molecule has 0 aromatic carbocycles. The molecule has 0 aromatic rings. The molecule has 12 heavy (non-hydrogen) atoms. The minimum atomic E-state index is -0.160. The summed E-state index contributed by atoms with van der Waals surface area (Å²) < 4.78 is 5.20. The zero-order valence-electron chi connectivity index (χ0n) is 7.54. The molecule has 1 saturated heterocycles. The number of hydrogen-bond acceptors (Lipinski definition) is 2. The fraction of sp³-hybridized carbons (Fsp3) is 0.800. The van der Waals surface area contributed by atoms with Gasteiger partial charge in [0, 0.05) is 12.5 Å². The van der Waals surface area contributed by atoms with Gasteiger partial charge < -0.3 is 9.84 Å². The molecule has 1 N–H and O–H groups in total. The summed E-state index contributed by atoms with van der Waals surface area (Å²) in [6.07, 6.45) is 5.70. The lowest BCUT2D eigenvalue weighted by molar-refractivity contribution is 0.0834. The standard InChI is InChI=1S/C10H18O2/c1-2-3-4-5-10(11)9-6-7-12-8-9/h2,9-11H,1,3-8H2. The maximum Gasteiger partial charge on any atom is 0.0591 e. The molecule has 0 saturated carbocycles. The number of hydrogen-bond donors (Lipinski definition) is 1. The average Bonchev–Trinajstić information content (AvgIpc) is 2.56. The van der Waals surface area contributed by atoms with Crippen LogP contribution in [0.15, 0.2) is 12.7 Å². The Morgan fingerprint density at radius 2 is 2.50 bits per heavy atom. The third-order valence-electron chi connectivity index (χ3n) is 2.42. The molecule has 0 spiro atoms. The molecule has 70 valence electrons. The highest BCUT2D eigenvalue weighted by molar-refractivity contribution is 4.74. The lowest BCUT2D eigenvalue weighted by Gasteiger charge is -2.15. The Morgan fingerprint density at radius 3 is 3.08 bits per heavy atom. The Bertz CT molecular complexity index is 128. The van der Waals surface area contributed by atoms with Crippen molar-refractivity contribution in [1.29, 1.82) is 0 Å². The lowest BCUT2D eigenvalue weighted by Crippen LogP contribution is -2.20. The molecule has 2 atom stereocenters. The van der Waals surface area contributed by atoms with Crippen LogP contribution in [0, 0.1) is 5.92 Å². The van der Waals surface area contributed by atoms with E-state index in [2.05, 4.69) is 6.58 Å². The summed E-state index contributed by atoms with van der Waals surface area (Å²) in [5.74, 6) is 0.384. The van der Waals surface area contributed by atoms with Gasteiger partial charge in [0.15, 0.2) is 0 Å². The molecule has 0 bridgehead atoms. The lowest BCUT2D eigenvalue weighted by atomic mass is 9.97. The van der Waals surface area contributed by atoms with Gasteiger partial charge in [-0.1, -0.05) is 6.08 Å². The van der Waals surface area contributed by atoms with Gasteiger partial charge in [0.25, 0.3) is 0 Å². The van der Waals surface area contributed by atoms with Crippen LogP contribution in [0.5, 0.6) is 0 Å². The van der Waals surface area contributed by atoms with Crippen molar-refractivity contribution in [3.8, 4) is 0 Å². The predicted octanol–water partition coefficient (Wildman–Crippen LogP) is 1.74. The van der Waals surface area contributed by atoms with Crippen LogP contribution in [0.1, 0.15) is 25.7 Å². The van der Waals surface area contributed by atoms with Crippen molar-refractivity contribution in [1.82, 2.24) is 0 Å². The number of unbranched alkanes of at least 4 members (excludes halogenated alkanes) is 1. The van der Waals surface area contributed by atoms with E-state index in [1.54, 1.807) is 0 Å². The van der Waals surface area contributed by atoms with Crippen LogP contribution in [0.4, 0.5) is 0 Å². The van der Waals surface area contributed by atoms with Gasteiger partial charge in [0.05, 0.1) is 12.7 Å². The van der Waals surface area contributed by atoms with Gasteiger partial charge in [-0.25, -0.2) is 0 Å². The Balaban J connectivity index is 2.09. The third kappa shape index (κ3) is 2.95. The Kier molecular flexibility index (Phi) is 4.33. The summed E-state index contributed by atoms with van der Waals surface area (Å²) in [6, 6.07) is 0. The van der Waals surface area contributed by atoms with Crippen molar-refractivity contribution in [3.63, 3.8) is 0 Å². The SMILES string of the molecule is C=CCCCC(O)C1CCOC1.